The highest BCUT2D eigenvalue weighted by Gasteiger charge is 2.35. The van der Waals surface area contributed by atoms with Crippen LogP contribution in [0, 0.1) is 0 Å². The maximum atomic E-state index is 13.5. The Morgan fingerprint density at radius 1 is 1.12 bits per heavy atom. The molecule has 0 fully saturated rings. The second kappa shape index (κ2) is 9.48. The quantitative estimate of drug-likeness (QED) is 0.501. The van der Waals surface area contributed by atoms with Crippen molar-refractivity contribution in [1.29, 1.82) is 0 Å². The molecule has 0 aliphatic rings. The molecule has 9 nitrogen and oxygen atoms in total. The van der Waals surface area contributed by atoms with Gasteiger partial charge in [0.05, 0.1) is 13.4 Å². The number of pyridine rings is 1. The predicted molar refractivity (Wildman–Crippen MR) is 118 cm³/mol. The highest BCUT2D eigenvalue weighted by atomic mass is 32.2. The van der Waals surface area contributed by atoms with Crippen LogP contribution in [0.2, 0.25) is 0 Å². The zero-order valence-corrected chi connectivity index (χ0v) is 18.7. The second-order valence-corrected chi connectivity index (χ2v) is 8.89. The topological polar surface area (TPSA) is 109 Å². The Morgan fingerprint density at radius 2 is 1.82 bits per heavy atom. The molecule has 0 saturated carbocycles. The molecule has 3 rings (SSSR count). The number of nitrogens with zero attached hydrogens (tertiary/aromatic N) is 4. The van der Waals surface area contributed by atoms with Gasteiger partial charge in [-0.05, 0) is 30.3 Å². The molecule has 0 aliphatic carbocycles. The van der Waals surface area contributed by atoms with Crippen molar-refractivity contribution in [3.63, 3.8) is 0 Å². The first-order valence-corrected chi connectivity index (χ1v) is 11.3. The standard InChI is InChI=1S/C20H21F3N6O3S/c1-29(33(3,30)31)18-13(5-4-10-24-18)11-25-17-16(20(21,22)23)12-26-19(28-17)27-14-6-8-15(32-2)9-7-14/h4-10,12H,11H2,1-3H3,(H2,25,26,27,28). The number of hydrogen-bond donors (Lipinski definition) is 2. The predicted octanol–water partition coefficient (Wildman–Crippen LogP) is 3.65. The maximum absolute atomic E-state index is 13.5. The van der Waals surface area contributed by atoms with Crippen LogP contribution in [-0.2, 0) is 22.7 Å². The molecule has 2 heterocycles. The first kappa shape index (κ1) is 24.0. The summed E-state index contributed by atoms with van der Waals surface area (Å²) in [5.41, 5.74) is -0.155. The summed E-state index contributed by atoms with van der Waals surface area (Å²) in [6, 6.07) is 9.79. The number of aromatic nitrogens is 3. The lowest BCUT2D eigenvalue weighted by molar-refractivity contribution is -0.137. The number of benzene rings is 1. The van der Waals surface area contributed by atoms with Crippen LogP contribution >= 0.6 is 0 Å². The van der Waals surface area contributed by atoms with E-state index in [0.29, 0.717) is 23.2 Å². The molecule has 0 spiro atoms. The van der Waals surface area contributed by atoms with Crippen LogP contribution < -0.4 is 19.7 Å². The molecule has 3 aromatic rings. The van der Waals surface area contributed by atoms with Gasteiger partial charge in [-0.25, -0.2) is 18.4 Å². The Balaban J connectivity index is 1.89. The van der Waals surface area contributed by atoms with Gasteiger partial charge >= 0.3 is 6.18 Å². The van der Waals surface area contributed by atoms with E-state index in [9.17, 15) is 21.6 Å². The van der Waals surface area contributed by atoms with Crippen LogP contribution in [0.15, 0.2) is 48.8 Å². The van der Waals surface area contributed by atoms with E-state index in [1.165, 1.54) is 20.4 Å². The maximum Gasteiger partial charge on any atom is 0.421 e. The largest absolute Gasteiger partial charge is 0.497 e. The van der Waals surface area contributed by atoms with Crippen LogP contribution in [0.4, 0.5) is 36.4 Å². The Labute approximate surface area is 188 Å². The average Bonchev–Trinajstić information content (AvgIpc) is 2.76. The van der Waals surface area contributed by atoms with Gasteiger partial charge in [-0.2, -0.15) is 18.2 Å². The van der Waals surface area contributed by atoms with E-state index in [1.807, 2.05) is 0 Å². The summed E-state index contributed by atoms with van der Waals surface area (Å²) in [7, 11) is -0.797. The number of halogens is 3. The number of sulfonamides is 1. The molecule has 0 saturated heterocycles. The van der Waals surface area contributed by atoms with Gasteiger partial charge in [-0.1, -0.05) is 6.07 Å². The number of ether oxygens (including phenoxy) is 1. The van der Waals surface area contributed by atoms with Crippen molar-refractivity contribution in [2.45, 2.75) is 12.7 Å². The van der Waals surface area contributed by atoms with E-state index >= 15 is 0 Å². The molecular formula is C20H21F3N6O3S. The fourth-order valence-electron chi connectivity index (χ4n) is 2.78. The third-order valence-electron chi connectivity index (χ3n) is 4.55. The van der Waals surface area contributed by atoms with Crippen molar-refractivity contribution in [3.8, 4) is 5.75 Å². The number of nitrogens with one attached hydrogen (secondary N) is 2. The van der Waals surface area contributed by atoms with Gasteiger partial charge in [0.1, 0.15) is 22.9 Å². The summed E-state index contributed by atoms with van der Waals surface area (Å²) in [5, 5.41) is 5.47. The normalized spacial score (nSPS) is 11.7. The Kier molecular flexibility index (Phi) is 6.91. The smallest absolute Gasteiger partial charge is 0.421 e. The molecule has 33 heavy (non-hydrogen) atoms. The summed E-state index contributed by atoms with van der Waals surface area (Å²) in [4.78, 5) is 11.8. The molecular weight excluding hydrogens is 461 g/mol. The summed E-state index contributed by atoms with van der Waals surface area (Å²) >= 11 is 0. The average molecular weight is 482 g/mol. The van der Waals surface area contributed by atoms with Crippen LogP contribution in [-0.4, -0.2) is 43.8 Å². The molecule has 13 heteroatoms. The van der Waals surface area contributed by atoms with Crippen LogP contribution in [0.25, 0.3) is 0 Å². The first-order chi connectivity index (χ1) is 15.5. The zero-order valence-electron chi connectivity index (χ0n) is 17.9. The Morgan fingerprint density at radius 3 is 2.42 bits per heavy atom. The third-order valence-corrected chi connectivity index (χ3v) is 5.72. The molecule has 2 aromatic heterocycles. The van der Waals surface area contributed by atoms with Gasteiger partial charge in [-0.15, -0.1) is 0 Å². The minimum Gasteiger partial charge on any atom is -0.497 e. The van der Waals surface area contributed by atoms with Gasteiger partial charge in [-0.3, -0.25) is 4.31 Å². The van der Waals surface area contributed by atoms with E-state index in [4.69, 9.17) is 4.74 Å². The van der Waals surface area contributed by atoms with Crippen LogP contribution in [0.3, 0.4) is 0 Å². The van der Waals surface area contributed by atoms with Crippen molar-refractivity contribution in [2.75, 3.05) is 35.4 Å². The van der Waals surface area contributed by atoms with Crippen molar-refractivity contribution in [3.05, 3.63) is 59.9 Å². The number of methoxy groups -OCH3 is 1. The van der Waals surface area contributed by atoms with Gasteiger partial charge < -0.3 is 15.4 Å². The van der Waals surface area contributed by atoms with Gasteiger partial charge in [0, 0.05) is 37.2 Å². The minimum atomic E-state index is -4.71. The number of hydrogen-bond acceptors (Lipinski definition) is 8. The molecule has 0 bridgehead atoms. The van der Waals surface area contributed by atoms with Crippen LogP contribution in [0.5, 0.6) is 5.75 Å². The molecule has 176 valence electrons. The minimum absolute atomic E-state index is 0.0599. The summed E-state index contributed by atoms with van der Waals surface area (Å²) in [6.07, 6.45) is -1.64. The number of anilines is 4. The van der Waals surface area contributed by atoms with E-state index in [-0.39, 0.29) is 18.3 Å². The SMILES string of the molecule is COc1ccc(Nc2ncc(C(F)(F)F)c(NCc3cccnc3N(C)S(C)(=O)=O)n2)cc1. The molecule has 0 radical (unpaired) electrons. The highest BCUT2D eigenvalue weighted by molar-refractivity contribution is 7.92. The van der Waals surface area contributed by atoms with Gasteiger partial charge in [0.2, 0.25) is 16.0 Å². The van der Waals surface area contributed by atoms with Crippen LogP contribution in [0.1, 0.15) is 11.1 Å². The lowest BCUT2D eigenvalue weighted by Gasteiger charge is -2.20. The van der Waals surface area contributed by atoms with Crippen molar-refractivity contribution in [1.82, 2.24) is 15.0 Å². The molecule has 0 aliphatic heterocycles. The molecule has 0 unspecified atom stereocenters. The van der Waals surface area contributed by atoms with E-state index in [2.05, 4.69) is 25.6 Å². The molecule has 0 atom stereocenters. The summed E-state index contributed by atoms with van der Waals surface area (Å²) in [6.45, 7) is -0.162. The van der Waals surface area contributed by atoms with Crippen molar-refractivity contribution >= 4 is 33.3 Å². The van der Waals surface area contributed by atoms with E-state index < -0.39 is 27.6 Å². The Bertz CT molecular complexity index is 1220. The number of rotatable bonds is 8. The second-order valence-electron chi connectivity index (χ2n) is 6.88. The summed E-state index contributed by atoms with van der Waals surface area (Å²) in [5.74, 6) is 0.176. The van der Waals surface area contributed by atoms with Gasteiger partial charge in [0.25, 0.3) is 0 Å². The van der Waals surface area contributed by atoms with Crippen molar-refractivity contribution in [2.24, 2.45) is 0 Å². The van der Waals surface area contributed by atoms with Crippen molar-refractivity contribution < 1.29 is 26.3 Å². The lowest BCUT2D eigenvalue weighted by Crippen LogP contribution is -2.27. The Hall–Kier alpha value is -3.61. The molecule has 2 N–H and O–H groups in total. The van der Waals surface area contributed by atoms with E-state index in [0.717, 1.165) is 10.6 Å². The third kappa shape index (κ3) is 6.00. The lowest BCUT2D eigenvalue weighted by atomic mass is 10.2. The summed E-state index contributed by atoms with van der Waals surface area (Å²) < 4.78 is 70.4. The first-order valence-electron chi connectivity index (χ1n) is 9.46. The molecule has 1 aromatic carbocycles. The van der Waals surface area contributed by atoms with Gasteiger partial charge in [0.15, 0.2) is 0 Å². The number of alkyl halides is 3. The fourth-order valence-corrected chi connectivity index (χ4v) is 3.25. The monoisotopic (exact) mass is 482 g/mol. The highest BCUT2D eigenvalue weighted by Crippen LogP contribution is 2.34. The molecule has 0 amide bonds. The fraction of sp³-hybridized carbons (Fsp3) is 0.250. The zero-order chi connectivity index (χ0) is 24.2. The van der Waals surface area contributed by atoms with E-state index in [1.54, 1.807) is 36.4 Å².